The number of hydrogen-bond donors (Lipinski definition) is 2. The second kappa shape index (κ2) is 5.70. The molecule has 0 bridgehead atoms. The molecule has 3 rings (SSSR count). The summed E-state index contributed by atoms with van der Waals surface area (Å²) in [7, 11) is 0. The Bertz CT molecular complexity index is 770. The number of phenolic OH excluding ortho intramolecular Hbond substituents is 1. The predicted molar refractivity (Wildman–Crippen MR) is 80.2 cm³/mol. The van der Waals surface area contributed by atoms with Crippen LogP contribution in [0.3, 0.4) is 0 Å². The molecule has 21 heavy (non-hydrogen) atoms. The van der Waals surface area contributed by atoms with Crippen molar-refractivity contribution >= 4 is 17.0 Å². The summed E-state index contributed by atoms with van der Waals surface area (Å²) >= 11 is 0. The number of aromatic nitrogens is 4. The van der Waals surface area contributed by atoms with Crippen LogP contribution in [0.1, 0.15) is 11.1 Å². The first-order valence-electron chi connectivity index (χ1n) is 6.68. The molecule has 0 aliphatic carbocycles. The van der Waals surface area contributed by atoms with Crippen molar-refractivity contribution in [1.82, 2.24) is 19.9 Å². The highest BCUT2D eigenvalue weighted by atomic mass is 16.3. The molecule has 0 saturated heterocycles. The number of rotatable bonds is 4. The highest BCUT2D eigenvalue weighted by Gasteiger charge is 2.05. The number of benzene rings is 1. The molecule has 6 heteroatoms. The molecule has 0 fully saturated rings. The Morgan fingerprint density at radius 3 is 2.81 bits per heavy atom. The van der Waals surface area contributed by atoms with E-state index in [4.69, 9.17) is 0 Å². The van der Waals surface area contributed by atoms with Gasteiger partial charge in [0.2, 0.25) is 0 Å². The van der Waals surface area contributed by atoms with Crippen molar-refractivity contribution in [3.05, 3.63) is 48.0 Å². The van der Waals surface area contributed by atoms with Crippen LogP contribution in [0.2, 0.25) is 0 Å². The van der Waals surface area contributed by atoms with Crippen molar-refractivity contribution in [2.24, 2.45) is 0 Å². The van der Waals surface area contributed by atoms with Gasteiger partial charge < -0.3 is 10.4 Å². The smallest absolute Gasteiger partial charge is 0.183 e. The van der Waals surface area contributed by atoms with Gasteiger partial charge in [-0.15, -0.1) is 0 Å². The highest BCUT2D eigenvalue weighted by Crippen LogP contribution is 2.18. The zero-order chi connectivity index (χ0) is 14.7. The maximum atomic E-state index is 9.52. The summed E-state index contributed by atoms with van der Waals surface area (Å²) in [5.41, 5.74) is 3.28. The minimum absolute atomic E-state index is 0.323. The van der Waals surface area contributed by atoms with Crippen LogP contribution in [0.15, 0.2) is 36.9 Å². The minimum atomic E-state index is 0.323. The molecule has 2 aromatic heterocycles. The van der Waals surface area contributed by atoms with Gasteiger partial charge in [-0.1, -0.05) is 12.1 Å². The summed E-state index contributed by atoms with van der Waals surface area (Å²) in [5.74, 6) is 1.01. The van der Waals surface area contributed by atoms with E-state index in [0.29, 0.717) is 29.3 Å². The van der Waals surface area contributed by atoms with Crippen LogP contribution < -0.4 is 5.32 Å². The molecule has 106 valence electrons. The van der Waals surface area contributed by atoms with Crippen LogP contribution in [0.25, 0.3) is 11.2 Å². The molecule has 0 spiro atoms. The van der Waals surface area contributed by atoms with E-state index in [1.807, 2.05) is 19.1 Å². The average Bonchev–Trinajstić information content (AvgIpc) is 2.51. The lowest BCUT2D eigenvalue weighted by Crippen LogP contribution is -2.08. The van der Waals surface area contributed by atoms with Crippen LogP contribution in [-0.4, -0.2) is 31.6 Å². The number of phenols is 1. The van der Waals surface area contributed by atoms with Gasteiger partial charge in [-0.3, -0.25) is 0 Å². The summed E-state index contributed by atoms with van der Waals surface area (Å²) < 4.78 is 0. The molecule has 6 nitrogen and oxygen atoms in total. The summed E-state index contributed by atoms with van der Waals surface area (Å²) in [6.45, 7) is 2.60. The zero-order valence-electron chi connectivity index (χ0n) is 11.6. The Balaban J connectivity index is 1.70. The Hall–Kier alpha value is -2.76. The molecule has 0 amide bonds. The third-order valence-corrected chi connectivity index (χ3v) is 3.24. The lowest BCUT2D eigenvalue weighted by molar-refractivity contribution is 0.471. The molecule has 0 saturated carbocycles. The van der Waals surface area contributed by atoms with Crippen LogP contribution >= 0.6 is 0 Å². The van der Waals surface area contributed by atoms with Gasteiger partial charge in [-0.05, 0) is 30.5 Å². The van der Waals surface area contributed by atoms with Crippen molar-refractivity contribution in [3.63, 3.8) is 0 Å². The van der Waals surface area contributed by atoms with E-state index < -0.39 is 0 Å². The SMILES string of the molecule is Cc1cc(CCNc2ncnc3nccnc23)ccc1O. The van der Waals surface area contributed by atoms with Crippen LogP contribution in [-0.2, 0) is 6.42 Å². The van der Waals surface area contributed by atoms with Crippen LogP contribution in [0, 0.1) is 6.92 Å². The van der Waals surface area contributed by atoms with Gasteiger partial charge in [0, 0.05) is 18.9 Å². The third-order valence-electron chi connectivity index (χ3n) is 3.24. The van der Waals surface area contributed by atoms with Crippen molar-refractivity contribution in [1.29, 1.82) is 0 Å². The first-order chi connectivity index (χ1) is 10.2. The fourth-order valence-electron chi connectivity index (χ4n) is 2.12. The molecule has 0 aliphatic heterocycles. The lowest BCUT2D eigenvalue weighted by Gasteiger charge is -2.08. The molecule has 2 N–H and O–H groups in total. The maximum absolute atomic E-state index is 9.52. The van der Waals surface area contributed by atoms with Gasteiger partial charge in [-0.2, -0.15) is 0 Å². The zero-order valence-corrected chi connectivity index (χ0v) is 11.6. The van der Waals surface area contributed by atoms with Crippen LogP contribution in [0.4, 0.5) is 5.82 Å². The van der Waals surface area contributed by atoms with E-state index in [9.17, 15) is 5.11 Å². The molecule has 2 heterocycles. The summed E-state index contributed by atoms with van der Waals surface area (Å²) in [4.78, 5) is 16.7. The first kappa shape index (κ1) is 13.2. The Labute approximate surface area is 121 Å². The number of aromatic hydroxyl groups is 1. The molecule has 0 unspecified atom stereocenters. The van der Waals surface area contributed by atoms with Gasteiger partial charge >= 0.3 is 0 Å². The number of fused-ring (bicyclic) bond motifs is 1. The van der Waals surface area contributed by atoms with E-state index >= 15 is 0 Å². The Morgan fingerprint density at radius 1 is 1.10 bits per heavy atom. The quantitative estimate of drug-likeness (QED) is 0.762. The minimum Gasteiger partial charge on any atom is -0.508 e. The van der Waals surface area contributed by atoms with E-state index in [1.54, 1.807) is 18.5 Å². The standard InChI is InChI=1S/C15H15N5O/c1-10-8-11(2-3-12(10)21)4-5-17-14-13-15(20-9-19-14)18-7-6-16-13/h2-3,6-9,21H,4-5H2,1H3,(H,17,18,19,20). The molecular formula is C15H15N5O. The number of hydrogen-bond acceptors (Lipinski definition) is 6. The fraction of sp³-hybridized carbons (Fsp3) is 0.200. The Morgan fingerprint density at radius 2 is 1.95 bits per heavy atom. The largest absolute Gasteiger partial charge is 0.508 e. The van der Waals surface area contributed by atoms with Gasteiger partial charge in [0.05, 0.1) is 0 Å². The van der Waals surface area contributed by atoms with E-state index in [0.717, 1.165) is 17.5 Å². The van der Waals surface area contributed by atoms with E-state index in [1.165, 1.54) is 6.33 Å². The van der Waals surface area contributed by atoms with Crippen LogP contribution in [0.5, 0.6) is 5.75 Å². The normalized spacial score (nSPS) is 10.7. The summed E-state index contributed by atoms with van der Waals surface area (Å²) in [5, 5.41) is 12.8. The van der Waals surface area contributed by atoms with E-state index in [-0.39, 0.29) is 0 Å². The van der Waals surface area contributed by atoms with Crippen molar-refractivity contribution < 1.29 is 5.11 Å². The molecule has 0 aliphatic rings. The second-order valence-corrected chi connectivity index (χ2v) is 4.75. The fourth-order valence-corrected chi connectivity index (χ4v) is 2.12. The van der Waals surface area contributed by atoms with Gasteiger partial charge in [0.1, 0.15) is 17.6 Å². The number of anilines is 1. The molecule has 0 radical (unpaired) electrons. The van der Waals surface area contributed by atoms with Gasteiger partial charge in [0.25, 0.3) is 0 Å². The van der Waals surface area contributed by atoms with Crippen molar-refractivity contribution in [2.45, 2.75) is 13.3 Å². The van der Waals surface area contributed by atoms with E-state index in [2.05, 4.69) is 25.3 Å². The van der Waals surface area contributed by atoms with Crippen molar-refractivity contribution in [2.75, 3.05) is 11.9 Å². The summed E-state index contributed by atoms with van der Waals surface area (Å²) in [6.07, 6.45) is 5.54. The second-order valence-electron chi connectivity index (χ2n) is 4.75. The Kier molecular flexibility index (Phi) is 3.59. The van der Waals surface area contributed by atoms with Gasteiger partial charge in [-0.25, -0.2) is 19.9 Å². The van der Waals surface area contributed by atoms with Crippen molar-refractivity contribution in [3.8, 4) is 5.75 Å². The molecule has 0 atom stereocenters. The number of nitrogens with one attached hydrogen (secondary N) is 1. The third kappa shape index (κ3) is 2.89. The van der Waals surface area contributed by atoms with Gasteiger partial charge in [0.15, 0.2) is 11.5 Å². The number of nitrogens with zero attached hydrogens (tertiary/aromatic N) is 4. The molecular weight excluding hydrogens is 266 g/mol. The maximum Gasteiger partial charge on any atom is 0.183 e. The monoisotopic (exact) mass is 281 g/mol. The molecule has 1 aromatic carbocycles. The lowest BCUT2D eigenvalue weighted by atomic mass is 10.1. The average molecular weight is 281 g/mol. The topological polar surface area (TPSA) is 83.8 Å². The molecule has 3 aromatic rings. The first-order valence-corrected chi connectivity index (χ1v) is 6.68. The number of aryl methyl sites for hydroxylation is 1. The summed E-state index contributed by atoms with van der Waals surface area (Å²) in [6, 6.07) is 5.62. The predicted octanol–water partition coefficient (Wildman–Crippen LogP) is 2.09. The highest BCUT2D eigenvalue weighted by molar-refractivity contribution is 5.81.